The minimum atomic E-state index is -0.875. The van der Waals surface area contributed by atoms with Crippen molar-refractivity contribution in [2.75, 3.05) is 6.54 Å². The van der Waals surface area contributed by atoms with Crippen LogP contribution in [0, 0.1) is 3.57 Å². The van der Waals surface area contributed by atoms with Crippen LogP contribution in [-0.2, 0) is 16.0 Å². The molecule has 0 saturated carbocycles. The number of aliphatic carboxylic acids is 1. The molecule has 1 rings (SSSR count). The molecule has 1 aromatic rings. The van der Waals surface area contributed by atoms with Crippen molar-refractivity contribution in [3.63, 3.8) is 0 Å². The van der Waals surface area contributed by atoms with E-state index in [-0.39, 0.29) is 24.3 Å². The van der Waals surface area contributed by atoms with Crippen molar-refractivity contribution in [3.05, 3.63) is 33.4 Å². The lowest BCUT2D eigenvalue weighted by molar-refractivity contribution is -0.137. The maximum atomic E-state index is 11.9. The van der Waals surface area contributed by atoms with Gasteiger partial charge in [0.15, 0.2) is 0 Å². The largest absolute Gasteiger partial charge is 0.481 e. The van der Waals surface area contributed by atoms with Gasteiger partial charge in [0.25, 0.3) is 0 Å². The van der Waals surface area contributed by atoms with Crippen molar-refractivity contribution in [1.29, 1.82) is 0 Å². The van der Waals surface area contributed by atoms with Gasteiger partial charge in [0.2, 0.25) is 0 Å². The maximum Gasteiger partial charge on any atom is 0.314 e. The van der Waals surface area contributed by atoms with Gasteiger partial charge in [-0.1, -0.05) is 12.1 Å². The number of nitrogens with one attached hydrogen (secondary N) is 2. The van der Waals surface area contributed by atoms with E-state index < -0.39 is 5.97 Å². The smallest absolute Gasteiger partial charge is 0.314 e. The van der Waals surface area contributed by atoms with Crippen LogP contribution >= 0.6 is 22.6 Å². The number of ketones is 1. The molecule has 1 atom stereocenters. The highest BCUT2D eigenvalue weighted by atomic mass is 131. The lowest BCUT2D eigenvalue weighted by atomic mass is 10.0. The molecule has 0 spiro atoms. The molecule has 0 radical (unpaired) electrons. The molecule has 1 aromatic carbocycles. The Morgan fingerprint density at radius 3 is 2.38 bits per heavy atom. The van der Waals surface area contributed by atoms with Crippen LogP contribution in [-0.4, -0.2) is 35.5 Å². The number of carbonyl (C=O) groups excluding carboxylic acids is 2. The van der Waals surface area contributed by atoms with Crippen LogP contribution in [0.2, 0.25) is 0 Å². The second-order valence-electron chi connectivity index (χ2n) is 6.36. The fraction of sp³-hybridized carbons (Fsp3) is 0.526. The number of halogens is 1. The molecule has 144 valence electrons. The Bertz CT molecular complexity index is 590. The first-order chi connectivity index (χ1) is 12.4. The Kier molecular flexibility index (Phi) is 10.9. The molecule has 0 aliphatic heterocycles. The molecule has 3 N–H and O–H groups in total. The predicted molar refractivity (Wildman–Crippen MR) is 109 cm³/mol. The molecule has 6 nitrogen and oxygen atoms in total. The van der Waals surface area contributed by atoms with Crippen LogP contribution in [0.4, 0.5) is 4.79 Å². The Labute approximate surface area is 168 Å². The van der Waals surface area contributed by atoms with E-state index in [0.29, 0.717) is 32.2 Å². The normalized spacial score (nSPS) is 11.6. The highest BCUT2D eigenvalue weighted by Crippen LogP contribution is 2.10. The third kappa shape index (κ3) is 11.1. The van der Waals surface area contributed by atoms with Crippen molar-refractivity contribution in [3.8, 4) is 0 Å². The van der Waals surface area contributed by atoms with Gasteiger partial charge in [-0.05, 0) is 72.9 Å². The Morgan fingerprint density at radius 2 is 1.73 bits per heavy atom. The number of Topliss-reactive ketones (excluding diaryl/α,β-unsaturated/α-hetero) is 1. The average molecular weight is 478 g/mol. The van der Waals surface area contributed by atoms with Crippen LogP contribution in [0.1, 0.15) is 51.0 Å². The number of benzene rings is 1. The van der Waals surface area contributed by atoms with Gasteiger partial charge in [-0.15, -0.1) is 0 Å². The summed E-state index contributed by atoms with van der Waals surface area (Å²) >= 11 is 2.27. The Hall–Kier alpha value is -1.64. The molecular weight excluding hydrogens is 451 g/mol. The van der Waals surface area contributed by atoms with Crippen molar-refractivity contribution >= 4 is 40.4 Å². The van der Waals surface area contributed by atoms with E-state index in [9.17, 15) is 14.4 Å². The first kappa shape index (κ1) is 22.4. The molecule has 0 aliphatic rings. The van der Waals surface area contributed by atoms with Gasteiger partial charge in [0.1, 0.15) is 5.78 Å². The third-order valence-electron chi connectivity index (χ3n) is 3.92. The first-order valence-electron chi connectivity index (χ1n) is 8.89. The van der Waals surface area contributed by atoms with E-state index in [1.165, 1.54) is 9.13 Å². The molecule has 0 heterocycles. The van der Waals surface area contributed by atoms with Crippen LogP contribution in [0.25, 0.3) is 0 Å². The molecule has 0 unspecified atom stereocenters. The number of carbonyl (C=O) groups is 3. The van der Waals surface area contributed by atoms with Gasteiger partial charge in [0, 0.05) is 35.4 Å². The second-order valence-corrected chi connectivity index (χ2v) is 7.60. The highest BCUT2D eigenvalue weighted by Gasteiger charge is 2.09. The quantitative estimate of drug-likeness (QED) is 0.317. The summed E-state index contributed by atoms with van der Waals surface area (Å²) in [7, 11) is 0. The van der Waals surface area contributed by atoms with Gasteiger partial charge in [0.05, 0.1) is 0 Å². The number of hydrogen-bond acceptors (Lipinski definition) is 3. The number of urea groups is 1. The Balaban J connectivity index is 2.05. The molecule has 2 amide bonds. The lowest BCUT2D eigenvalue weighted by Crippen LogP contribution is -2.41. The van der Waals surface area contributed by atoms with Crippen LogP contribution in [0.5, 0.6) is 0 Å². The highest BCUT2D eigenvalue weighted by molar-refractivity contribution is 14.1. The van der Waals surface area contributed by atoms with Crippen molar-refractivity contribution in [2.24, 2.45) is 0 Å². The topological polar surface area (TPSA) is 95.5 Å². The fourth-order valence-electron chi connectivity index (χ4n) is 2.44. The summed E-state index contributed by atoms with van der Waals surface area (Å²) in [5.41, 5.74) is 1.24. The monoisotopic (exact) mass is 478 g/mol. The van der Waals surface area contributed by atoms with Crippen molar-refractivity contribution in [2.45, 2.75) is 57.9 Å². The zero-order valence-electron chi connectivity index (χ0n) is 15.1. The third-order valence-corrected chi connectivity index (χ3v) is 4.64. The molecule has 0 aliphatic carbocycles. The number of rotatable bonds is 12. The summed E-state index contributed by atoms with van der Waals surface area (Å²) in [5.74, 6) is -0.660. The number of amides is 2. The molecule has 0 bridgehead atoms. The first-order valence-corrected chi connectivity index (χ1v) is 9.97. The standard InChI is InChI=1S/C19H27IN2O4/c1-14(7-12-18(24)25)22-19(26)21-13-3-6-17(23)5-2-4-15-8-10-16(20)11-9-15/h8-11,14H,2-7,12-13H2,1H3,(H,24,25)(H2,21,22,26)/t14-/m1/s1/i20+4. The SMILES string of the molecule is C[C@H](CCC(=O)O)NC(=O)NCCCC(=O)CCCc1ccc([131I])cc1. The van der Waals surface area contributed by atoms with Crippen molar-refractivity contribution in [1.82, 2.24) is 10.6 Å². The zero-order chi connectivity index (χ0) is 19.4. The summed E-state index contributed by atoms with van der Waals surface area (Å²) in [5, 5.41) is 14.0. The lowest BCUT2D eigenvalue weighted by Gasteiger charge is -2.13. The average Bonchev–Trinajstić information content (AvgIpc) is 2.58. The number of carboxylic acid groups (broad SMARTS) is 1. The molecule has 0 fully saturated rings. The minimum Gasteiger partial charge on any atom is -0.481 e. The van der Waals surface area contributed by atoms with Gasteiger partial charge >= 0.3 is 12.0 Å². The van der Waals surface area contributed by atoms with E-state index in [0.717, 1.165) is 12.8 Å². The van der Waals surface area contributed by atoms with E-state index >= 15 is 0 Å². The van der Waals surface area contributed by atoms with Gasteiger partial charge in [-0.25, -0.2) is 4.79 Å². The molecule has 0 aromatic heterocycles. The number of hydrogen-bond donors (Lipinski definition) is 3. The summed E-state index contributed by atoms with van der Waals surface area (Å²) in [6, 6.07) is 7.79. The van der Waals surface area contributed by atoms with Gasteiger partial charge in [-0.2, -0.15) is 0 Å². The van der Waals surface area contributed by atoms with Crippen molar-refractivity contribution < 1.29 is 19.5 Å². The van der Waals surface area contributed by atoms with Crippen LogP contribution in [0.3, 0.4) is 0 Å². The predicted octanol–water partition coefficient (Wildman–Crippen LogP) is 3.52. The van der Waals surface area contributed by atoms with E-state index in [1.54, 1.807) is 6.92 Å². The van der Waals surface area contributed by atoms with E-state index in [2.05, 4.69) is 57.5 Å². The number of carboxylic acids is 1. The minimum absolute atomic E-state index is 0.0260. The van der Waals surface area contributed by atoms with E-state index in [4.69, 9.17) is 5.11 Å². The van der Waals surface area contributed by atoms with Gasteiger partial charge in [-0.3, -0.25) is 9.59 Å². The molecular formula is C19H27IN2O4. The summed E-state index contributed by atoms with van der Waals surface area (Å²) < 4.78 is 1.20. The van der Waals surface area contributed by atoms with Gasteiger partial charge < -0.3 is 15.7 Å². The van der Waals surface area contributed by atoms with Crippen LogP contribution in [0.15, 0.2) is 24.3 Å². The maximum absolute atomic E-state index is 11.9. The molecule has 26 heavy (non-hydrogen) atoms. The fourth-order valence-corrected chi connectivity index (χ4v) is 2.80. The molecule has 0 saturated heterocycles. The molecule has 7 heteroatoms. The summed E-state index contributed by atoms with van der Waals surface area (Å²) in [6.45, 7) is 2.19. The second kappa shape index (κ2) is 12.7. The number of aryl methyl sites for hydroxylation is 1. The zero-order valence-corrected chi connectivity index (χ0v) is 17.3. The van der Waals surface area contributed by atoms with E-state index in [1.807, 2.05) is 0 Å². The summed E-state index contributed by atoms with van der Waals surface area (Å²) in [6.07, 6.45) is 3.79. The Morgan fingerprint density at radius 1 is 1.08 bits per heavy atom. The van der Waals surface area contributed by atoms with Crippen LogP contribution < -0.4 is 10.6 Å². The summed E-state index contributed by atoms with van der Waals surface area (Å²) in [4.78, 5) is 34.0.